The maximum atomic E-state index is 13.5. The Morgan fingerprint density at radius 2 is 1.94 bits per heavy atom. The van der Waals surface area contributed by atoms with Crippen molar-refractivity contribution < 1.29 is 4.39 Å². The van der Waals surface area contributed by atoms with E-state index in [4.69, 9.17) is 17.3 Å². The Balaban J connectivity index is 2.13. The molecule has 17 heavy (non-hydrogen) atoms. The van der Waals surface area contributed by atoms with E-state index in [9.17, 15) is 4.39 Å². The van der Waals surface area contributed by atoms with E-state index in [0.29, 0.717) is 22.8 Å². The molecule has 0 bridgehead atoms. The second-order valence-electron chi connectivity index (χ2n) is 3.68. The van der Waals surface area contributed by atoms with Crippen molar-refractivity contribution in [1.29, 1.82) is 0 Å². The maximum absolute atomic E-state index is 13.5. The summed E-state index contributed by atoms with van der Waals surface area (Å²) in [7, 11) is 0. The van der Waals surface area contributed by atoms with Crippen molar-refractivity contribution in [1.82, 2.24) is 0 Å². The molecular formula is C13H12ClFN2. The van der Waals surface area contributed by atoms with Gasteiger partial charge in [-0.05, 0) is 30.3 Å². The minimum Gasteiger partial charge on any atom is -0.399 e. The minimum atomic E-state index is -0.311. The van der Waals surface area contributed by atoms with E-state index < -0.39 is 0 Å². The Kier molecular flexibility index (Phi) is 3.49. The molecular weight excluding hydrogens is 239 g/mol. The van der Waals surface area contributed by atoms with E-state index in [1.165, 1.54) is 6.07 Å². The summed E-state index contributed by atoms with van der Waals surface area (Å²) < 4.78 is 13.5. The second kappa shape index (κ2) is 5.06. The lowest BCUT2D eigenvalue weighted by Gasteiger charge is -2.09. The van der Waals surface area contributed by atoms with Crippen molar-refractivity contribution in [2.45, 2.75) is 6.54 Å². The minimum absolute atomic E-state index is 0.311. The molecule has 0 unspecified atom stereocenters. The van der Waals surface area contributed by atoms with Crippen LogP contribution in [0.1, 0.15) is 5.56 Å². The summed E-state index contributed by atoms with van der Waals surface area (Å²) in [5.41, 5.74) is 7.60. The summed E-state index contributed by atoms with van der Waals surface area (Å²) in [5.74, 6) is -0.311. The molecule has 0 aliphatic carbocycles. The van der Waals surface area contributed by atoms with Gasteiger partial charge in [-0.3, -0.25) is 0 Å². The highest BCUT2D eigenvalue weighted by atomic mass is 35.5. The van der Waals surface area contributed by atoms with Crippen LogP contribution in [0.5, 0.6) is 0 Å². The number of halogens is 2. The first-order valence-corrected chi connectivity index (χ1v) is 5.57. The summed E-state index contributed by atoms with van der Waals surface area (Å²) in [6.45, 7) is 0.328. The van der Waals surface area contributed by atoms with Gasteiger partial charge in [0.15, 0.2) is 0 Å². The number of anilines is 2. The van der Waals surface area contributed by atoms with Gasteiger partial charge in [-0.2, -0.15) is 0 Å². The number of hydrogen-bond acceptors (Lipinski definition) is 2. The zero-order valence-corrected chi connectivity index (χ0v) is 9.84. The lowest BCUT2D eigenvalue weighted by Crippen LogP contribution is -2.02. The Morgan fingerprint density at radius 1 is 1.18 bits per heavy atom. The SMILES string of the molecule is Nc1cccc(NCc2c(F)cccc2Cl)c1. The number of nitrogen functional groups attached to an aromatic ring is 1. The van der Waals surface area contributed by atoms with Crippen LogP contribution in [0.25, 0.3) is 0 Å². The van der Waals surface area contributed by atoms with Crippen molar-refractivity contribution >= 4 is 23.0 Å². The third-order valence-corrected chi connectivity index (χ3v) is 2.77. The van der Waals surface area contributed by atoms with Crippen LogP contribution < -0.4 is 11.1 Å². The summed E-state index contributed by atoms with van der Waals surface area (Å²) in [5, 5.41) is 3.50. The fourth-order valence-corrected chi connectivity index (χ4v) is 1.77. The number of benzene rings is 2. The predicted molar refractivity (Wildman–Crippen MR) is 69.6 cm³/mol. The first kappa shape index (κ1) is 11.7. The molecule has 3 N–H and O–H groups in total. The molecule has 0 heterocycles. The van der Waals surface area contributed by atoms with Gasteiger partial charge in [-0.1, -0.05) is 23.7 Å². The van der Waals surface area contributed by atoms with Gasteiger partial charge in [-0.15, -0.1) is 0 Å². The highest BCUT2D eigenvalue weighted by Gasteiger charge is 2.06. The fourth-order valence-electron chi connectivity index (χ4n) is 1.54. The van der Waals surface area contributed by atoms with Crippen LogP contribution in [0, 0.1) is 5.82 Å². The molecule has 0 aromatic heterocycles. The van der Waals surface area contributed by atoms with Gasteiger partial charge in [-0.25, -0.2) is 4.39 Å². The Hall–Kier alpha value is -1.74. The number of hydrogen-bond donors (Lipinski definition) is 2. The molecule has 2 aromatic carbocycles. The van der Waals surface area contributed by atoms with E-state index in [1.807, 2.05) is 12.1 Å². The number of nitrogens with two attached hydrogens (primary N) is 1. The molecule has 2 nitrogen and oxygen atoms in total. The molecule has 0 aliphatic heterocycles. The first-order valence-electron chi connectivity index (χ1n) is 5.19. The quantitative estimate of drug-likeness (QED) is 0.816. The van der Waals surface area contributed by atoms with Gasteiger partial charge >= 0.3 is 0 Å². The van der Waals surface area contributed by atoms with Crippen molar-refractivity contribution in [3.63, 3.8) is 0 Å². The highest BCUT2D eigenvalue weighted by Crippen LogP contribution is 2.21. The van der Waals surface area contributed by atoms with Gasteiger partial charge in [0, 0.05) is 28.5 Å². The van der Waals surface area contributed by atoms with Crippen LogP contribution in [0.2, 0.25) is 5.02 Å². The van der Waals surface area contributed by atoms with Crippen LogP contribution >= 0.6 is 11.6 Å². The predicted octanol–water partition coefficient (Wildman–Crippen LogP) is 3.67. The number of nitrogens with one attached hydrogen (secondary N) is 1. The van der Waals surface area contributed by atoms with Gasteiger partial charge in [0.05, 0.1) is 0 Å². The molecule has 0 saturated carbocycles. The Bertz CT molecular complexity index is 508. The van der Waals surface area contributed by atoms with Crippen LogP contribution in [-0.4, -0.2) is 0 Å². The van der Waals surface area contributed by atoms with Gasteiger partial charge in [0.1, 0.15) is 5.82 Å². The van der Waals surface area contributed by atoms with Crippen molar-refractivity contribution in [3.05, 3.63) is 58.9 Å². The van der Waals surface area contributed by atoms with Gasteiger partial charge < -0.3 is 11.1 Å². The van der Waals surface area contributed by atoms with Crippen molar-refractivity contribution in [2.24, 2.45) is 0 Å². The first-order chi connectivity index (χ1) is 8.16. The number of rotatable bonds is 3. The zero-order valence-electron chi connectivity index (χ0n) is 9.08. The third kappa shape index (κ3) is 2.88. The molecule has 2 rings (SSSR count). The average molecular weight is 251 g/mol. The molecule has 0 aliphatic rings. The summed E-state index contributed by atoms with van der Waals surface area (Å²) >= 11 is 5.92. The Labute approximate surface area is 104 Å². The molecule has 88 valence electrons. The van der Waals surface area contributed by atoms with Gasteiger partial charge in [0.2, 0.25) is 0 Å². The van der Waals surface area contributed by atoms with E-state index in [-0.39, 0.29) is 5.82 Å². The standard InChI is InChI=1S/C13H12ClFN2/c14-12-5-2-6-13(15)11(12)8-17-10-4-1-3-9(16)7-10/h1-7,17H,8,16H2. The van der Waals surface area contributed by atoms with Crippen LogP contribution in [0.3, 0.4) is 0 Å². The Morgan fingerprint density at radius 3 is 2.65 bits per heavy atom. The lowest BCUT2D eigenvalue weighted by molar-refractivity contribution is 0.613. The highest BCUT2D eigenvalue weighted by molar-refractivity contribution is 6.31. The molecule has 0 fully saturated rings. The van der Waals surface area contributed by atoms with E-state index in [1.54, 1.807) is 24.3 Å². The fraction of sp³-hybridized carbons (Fsp3) is 0.0769. The topological polar surface area (TPSA) is 38.0 Å². The third-order valence-electron chi connectivity index (χ3n) is 2.42. The van der Waals surface area contributed by atoms with Crippen LogP contribution in [-0.2, 0) is 6.54 Å². The molecule has 0 saturated heterocycles. The van der Waals surface area contributed by atoms with Crippen LogP contribution in [0.4, 0.5) is 15.8 Å². The second-order valence-corrected chi connectivity index (χ2v) is 4.09. The molecule has 0 radical (unpaired) electrons. The smallest absolute Gasteiger partial charge is 0.129 e. The largest absolute Gasteiger partial charge is 0.399 e. The summed E-state index contributed by atoms with van der Waals surface area (Å²) in [6, 6.07) is 11.9. The average Bonchev–Trinajstić information content (AvgIpc) is 2.28. The summed E-state index contributed by atoms with van der Waals surface area (Å²) in [4.78, 5) is 0. The molecule has 0 spiro atoms. The zero-order chi connectivity index (χ0) is 12.3. The molecule has 2 aromatic rings. The van der Waals surface area contributed by atoms with Crippen molar-refractivity contribution in [2.75, 3.05) is 11.1 Å². The van der Waals surface area contributed by atoms with E-state index in [0.717, 1.165) is 5.69 Å². The van der Waals surface area contributed by atoms with E-state index in [2.05, 4.69) is 5.32 Å². The monoisotopic (exact) mass is 250 g/mol. The molecule has 4 heteroatoms. The molecule has 0 atom stereocenters. The van der Waals surface area contributed by atoms with E-state index >= 15 is 0 Å². The van der Waals surface area contributed by atoms with Gasteiger partial charge in [0.25, 0.3) is 0 Å². The maximum Gasteiger partial charge on any atom is 0.129 e. The van der Waals surface area contributed by atoms with Crippen molar-refractivity contribution in [3.8, 4) is 0 Å². The summed E-state index contributed by atoms with van der Waals surface area (Å²) in [6.07, 6.45) is 0. The lowest BCUT2D eigenvalue weighted by atomic mass is 10.2. The normalized spacial score (nSPS) is 10.2. The van der Waals surface area contributed by atoms with Crippen LogP contribution in [0.15, 0.2) is 42.5 Å². The molecule has 0 amide bonds.